The predicted molar refractivity (Wildman–Crippen MR) is 121 cm³/mol. The Morgan fingerprint density at radius 3 is 2.32 bits per heavy atom. The average molecular weight is 359 g/mol. The monoisotopic (exact) mass is 359 g/mol. The Bertz CT molecular complexity index is 1010. The molecule has 1 aliphatic rings. The smallest absolute Gasteiger partial charge is 0.113 e. The van der Waals surface area contributed by atoms with Gasteiger partial charge in [-0.15, -0.1) is 0 Å². The minimum Gasteiger partial charge on any atom is -0.292 e. The van der Waals surface area contributed by atoms with Crippen molar-refractivity contribution >= 4 is 25.1 Å². The van der Waals surface area contributed by atoms with Crippen LogP contribution in [0.2, 0.25) is 0 Å². The SMILES string of the molecule is [B]c1cccc(C2=CCC(CN=Cc3ccc(-c4ccccc4)cc3)C=C2)c1. The third-order valence-electron chi connectivity index (χ3n) is 5.01. The first-order valence-electron chi connectivity index (χ1n) is 9.67. The number of aliphatic imine (C=N–C) groups is 1. The van der Waals surface area contributed by atoms with Crippen LogP contribution in [0.25, 0.3) is 16.7 Å². The lowest BCUT2D eigenvalue weighted by atomic mass is 9.89. The third kappa shape index (κ3) is 4.58. The third-order valence-corrected chi connectivity index (χ3v) is 5.01. The van der Waals surface area contributed by atoms with E-state index in [1.165, 1.54) is 22.3 Å². The summed E-state index contributed by atoms with van der Waals surface area (Å²) in [4.78, 5) is 4.65. The van der Waals surface area contributed by atoms with Crippen LogP contribution in [0.1, 0.15) is 17.5 Å². The standard InChI is InChI=1S/C26H22BN/c27-26-8-4-7-25(17-26)24-15-11-21(12-16-24)19-28-18-20-9-13-23(14-10-20)22-5-2-1-3-6-22/h1-11,13-18,21H,12,19H2. The Morgan fingerprint density at radius 1 is 0.857 bits per heavy atom. The summed E-state index contributed by atoms with van der Waals surface area (Å²) in [5.74, 6) is 0.449. The number of allylic oxidation sites excluding steroid dienone is 3. The molecule has 0 bridgehead atoms. The van der Waals surface area contributed by atoms with Crippen molar-refractivity contribution in [1.82, 2.24) is 0 Å². The van der Waals surface area contributed by atoms with Gasteiger partial charge in [-0.3, -0.25) is 4.99 Å². The van der Waals surface area contributed by atoms with Crippen LogP contribution in [-0.2, 0) is 0 Å². The van der Waals surface area contributed by atoms with E-state index in [0.717, 1.165) is 24.0 Å². The summed E-state index contributed by atoms with van der Waals surface area (Å²) >= 11 is 0. The van der Waals surface area contributed by atoms with Crippen LogP contribution in [-0.4, -0.2) is 20.6 Å². The lowest BCUT2D eigenvalue weighted by Crippen LogP contribution is -2.06. The maximum atomic E-state index is 5.89. The Kier molecular flexibility index (Phi) is 5.68. The summed E-state index contributed by atoms with van der Waals surface area (Å²) in [6.07, 6.45) is 9.70. The molecule has 3 aromatic rings. The average Bonchev–Trinajstić information content (AvgIpc) is 2.75. The molecule has 1 atom stereocenters. The lowest BCUT2D eigenvalue weighted by Gasteiger charge is -2.15. The molecule has 0 aliphatic heterocycles. The molecule has 0 spiro atoms. The van der Waals surface area contributed by atoms with Gasteiger partial charge in [0.2, 0.25) is 0 Å². The Morgan fingerprint density at radius 2 is 1.61 bits per heavy atom. The van der Waals surface area contributed by atoms with Crippen molar-refractivity contribution in [2.45, 2.75) is 6.42 Å². The van der Waals surface area contributed by atoms with Crippen molar-refractivity contribution in [2.75, 3.05) is 6.54 Å². The molecule has 0 aromatic heterocycles. The van der Waals surface area contributed by atoms with Gasteiger partial charge in [0.15, 0.2) is 0 Å². The molecule has 0 amide bonds. The summed E-state index contributed by atoms with van der Waals surface area (Å²) < 4.78 is 0. The minimum absolute atomic E-state index is 0.449. The summed E-state index contributed by atoms with van der Waals surface area (Å²) in [5.41, 5.74) is 6.82. The van der Waals surface area contributed by atoms with Crippen LogP contribution in [0.4, 0.5) is 0 Å². The maximum absolute atomic E-state index is 5.89. The van der Waals surface area contributed by atoms with E-state index in [0.29, 0.717) is 5.92 Å². The van der Waals surface area contributed by atoms with Gasteiger partial charge in [0, 0.05) is 18.7 Å². The zero-order chi connectivity index (χ0) is 19.2. The molecule has 0 N–H and O–H groups in total. The fourth-order valence-electron chi connectivity index (χ4n) is 3.42. The van der Waals surface area contributed by atoms with Crippen molar-refractivity contribution in [3.05, 3.63) is 108 Å². The fraction of sp³-hybridized carbons (Fsp3) is 0.115. The van der Waals surface area contributed by atoms with E-state index in [4.69, 9.17) is 7.85 Å². The van der Waals surface area contributed by atoms with E-state index >= 15 is 0 Å². The van der Waals surface area contributed by atoms with Crippen molar-refractivity contribution in [2.24, 2.45) is 10.9 Å². The molecule has 0 saturated heterocycles. The molecule has 134 valence electrons. The van der Waals surface area contributed by atoms with Crippen molar-refractivity contribution in [1.29, 1.82) is 0 Å². The molecule has 3 aromatic carbocycles. The first-order chi connectivity index (χ1) is 13.8. The van der Waals surface area contributed by atoms with E-state index < -0.39 is 0 Å². The van der Waals surface area contributed by atoms with E-state index in [1.807, 2.05) is 30.5 Å². The number of benzene rings is 3. The van der Waals surface area contributed by atoms with Gasteiger partial charge in [-0.25, -0.2) is 0 Å². The molecule has 4 rings (SSSR count). The zero-order valence-corrected chi connectivity index (χ0v) is 15.8. The maximum Gasteiger partial charge on any atom is 0.113 e. The first-order valence-corrected chi connectivity index (χ1v) is 9.67. The second kappa shape index (κ2) is 8.71. The molecule has 1 nitrogen and oxygen atoms in total. The second-order valence-electron chi connectivity index (χ2n) is 7.12. The van der Waals surface area contributed by atoms with Crippen LogP contribution in [0.3, 0.4) is 0 Å². The molecule has 2 heteroatoms. The van der Waals surface area contributed by atoms with Gasteiger partial charge in [0.1, 0.15) is 7.85 Å². The topological polar surface area (TPSA) is 12.4 Å². The highest BCUT2D eigenvalue weighted by molar-refractivity contribution is 6.32. The van der Waals surface area contributed by atoms with E-state index in [2.05, 4.69) is 77.8 Å². The van der Waals surface area contributed by atoms with E-state index in [-0.39, 0.29) is 0 Å². The fourth-order valence-corrected chi connectivity index (χ4v) is 3.42. The van der Waals surface area contributed by atoms with Crippen LogP contribution in [0.15, 0.2) is 102 Å². The minimum atomic E-state index is 0.449. The Labute approximate surface area is 168 Å². The quantitative estimate of drug-likeness (QED) is 0.437. The van der Waals surface area contributed by atoms with Crippen LogP contribution in [0.5, 0.6) is 0 Å². The summed E-state index contributed by atoms with van der Waals surface area (Å²) in [6.45, 7) is 0.803. The molecule has 28 heavy (non-hydrogen) atoms. The number of nitrogens with zero attached hydrogens (tertiary/aromatic N) is 1. The van der Waals surface area contributed by atoms with Gasteiger partial charge in [-0.2, -0.15) is 0 Å². The van der Waals surface area contributed by atoms with Gasteiger partial charge in [-0.1, -0.05) is 103 Å². The van der Waals surface area contributed by atoms with E-state index in [1.54, 1.807) is 0 Å². The Balaban J connectivity index is 1.33. The zero-order valence-electron chi connectivity index (χ0n) is 15.8. The van der Waals surface area contributed by atoms with Crippen LogP contribution >= 0.6 is 0 Å². The normalized spacial score (nSPS) is 16.3. The summed E-state index contributed by atoms with van der Waals surface area (Å²) in [6, 6.07) is 27.0. The summed E-state index contributed by atoms with van der Waals surface area (Å²) in [7, 11) is 5.89. The van der Waals surface area contributed by atoms with Gasteiger partial charge in [0.25, 0.3) is 0 Å². The highest BCUT2D eigenvalue weighted by Crippen LogP contribution is 2.24. The molecule has 0 fully saturated rings. The summed E-state index contributed by atoms with van der Waals surface area (Å²) in [5, 5.41) is 0. The van der Waals surface area contributed by atoms with Crippen LogP contribution < -0.4 is 5.46 Å². The van der Waals surface area contributed by atoms with E-state index in [9.17, 15) is 0 Å². The molecule has 1 unspecified atom stereocenters. The number of hydrogen-bond donors (Lipinski definition) is 0. The predicted octanol–water partition coefficient (Wildman–Crippen LogP) is 5.23. The van der Waals surface area contributed by atoms with Crippen molar-refractivity contribution in [3.63, 3.8) is 0 Å². The highest BCUT2D eigenvalue weighted by atomic mass is 14.7. The lowest BCUT2D eigenvalue weighted by molar-refractivity contribution is 0.674. The highest BCUT2D eigenvalue weighted by Gasteiger charge is 2.09. The molecular weight excluding hydrogens is 337 g/mol. The van der Waals surface area contributed by atoms with Gasteiger partial charge >= 0.3 is 0 Å². The molecule has 0 saturated carbocycles. The molecule has 0 heterocycles. The number of hydrogen-bond acceptors (Lipinski definition) is 1. The molecule has 1 aliphatic carbocycles. The van der Waals surface area contributed by atoms with Crippen molar-refractivity contribution < 1.29 is 0 Å². The molecule has 2 radical (unpaired) electrons. The van der Waals surface area contributed by atoms with Gasteiger partial charge < -0.3 is 0 Å². The van der Waals surface area contributed by atoms with Crippen LogP contribution in [0, 0.1) is 5.92 Å². The molecular formula is C26H22BN. The first kappa shape index (κ1) is 18.2. The van der Waals surface area contributed by atoms with Gasteiger partial charge in [0.05, 0.1) is 0 Å². The largest absolute Gasteiger partial charge is 0.292 e. The Hall–Kier alpha value is -3.13. The van der Waals surface area contributed by atoms with Crippen molar-refractivity contribution in [3.8, 4) is 11.1 Å². The number of rotatable bonds is 5. The van der Waals surface area contributed by atoms with Gasteiger partial charge in [-0.05, 0) is 34.2 Å². The second-order valence-corrected chi connectivity index (χ2v) is 7.12.